The van der Waals surface area contributed by atoms with E-state index in [0.29, 0.717) is 12.3 Å². The maximum Gasteiger partial charge on any atom is 0.344 e. The predicted molar refractivity (Wildman–Crippen MR) is 86.1 cm³/mol. The minimum atomic E-state index is -3.48. The second kappa shape index (κ2) is 10.4. The van der Waals surface area contributed by atoms with E-state index in [4.69, 9.17) is 13.8 Å². The van der Waals surface area contributed by atoms with Crippen LogP contribution >= 0.6 is 7.60 Å². The maximum absolute atomic E-state index is 12.9. The highest BCUT2D eigenvalue weighted by molar-refractivity contribution is 7.55. The van der Waals surface area contributed by atoms with Gasteiger partial charge in [-0.2, -0.15) is 0 Å². The molecule has 0 aliphatic carbocycles. The molecular formula is C15H30NO5P. The molecule has 1 N–H and O–H groups in total. The third-order valence-electron chi connectivity index (χ3n) is 3.81. The molecule has 0 saturated carbocycles. The predicted octanol–water partition coefficient (Wildman–Crippen LogP) is 2.96. The fraction of sp³-hybridized carbons (Fsp3) is 0.933. The molecule has 2 unspecified atom stereocenters. The van der Waals surface area contributed by atoms with Gasteiger partial charge >= 0.3 is 13.6 Å². The Balaban J connectivity index is 2.76. The fourth-order valence-corrected chi connectivity index (χ4v) is 4.74. The monoisotopic (exact) mass is 335 g/mol. The second-order valence-electron chi connectivity index (χ2n) is 5.43. The van der Waals surface area contributed by atoms with Crippen LogP contribution in [0.15, 0.2) is 0 Å². The number of nitrogens with one attached hydrogen (secondary N) is 1. The summed E-state index contributed by atoms with van der Waals surface area (Å²) in [6.07, 6.45) is 3.57. The molecule has 1 aliphatic rings. The smallest absolute Gasteiger partial charge is 0.344 e. The van der Waals surface area contributed by atoms with E-state index in [2.05, 4.69) is 5.32 Å². The minimum absolute atomic E-state index is 0.248. The Bertz CT molecular complexity index is 361. The van der Waals surface area contributed by atoms with Crippen LogP contribution in [-0.2, 0) is 23.1 Å². The number of piperidine rings is 1. The Morgan fingerprint density at radius 2 is 1.91 bits per heavy atom. The fourth-order valence-electron chi connectivity index (χ4n) is 2.78. The highest BCUT2D eigenvalue weighted by Gasteiger charge is 2.42. The third kappa shape index (κ3) is 5.99. The van der Waals surface area contributed by atoms with Crippen LogP contribution in [0.3, 0.4) is 0 Å². The zero-order chi connectivity index (χ0) is 16.4. The van der Waals surface area contributed by atoms with E-state index in [0.717, 1.165) is 32.4 Å². The number of hydrogen-bond donors (Lipinski definition) is 1. The standard InChI is InChI=1S/C15H30NO5P/c1-4-19-15(17)14(22(18,20-5-2)21-6-3)10-9-13-8-7-11-16-12-13/h13-14,16H,4-12H2,1-3H3. The van der Waals surface area contributed by atoms with Crippen LogP contribution in [0.1, 0.15) is 46.5 Å². The van der Waals surface area contributed by atoms with Gasteiger partial charge in [0.2, 0.25) is 0 Å². The van der Waals surface area contributed by atoms with Crippen molar-refractivity contribution in [3.63, 3.8) is 0 Å². The molecule has 22 heavy (non-hydrogen) atoms. The summed E-state index contributed by atoms with van der Waals surface area (Å²) < 4.78 is 28.7. The van der Waals surface area contributed by atoms with Crippen molar-refractivity contribution < 1.29 is 23.1 Å². The van der Waals surface area contributed by atoms with Crippen LogP contribution in [0.5, 0.6) is 0 Å². The number of ether oxygens (including phenoxy) is 1. The van der Waals surface area contributed by atoms with Gasteiger partial charge in [0.1, 0.15) is 0 Å². The van der Waals surface area contributed by atoms with Crippen molar-refractivity contribution in [2.45, 2.75) is 52.1 Å². The Kier molecular flexibility index (Phi) is 9.25. The number of esters is 1. The van der Waals surface area contributed by atoms with Crippen molar-refractivity contribution in [3.05, 3.63) is 0 Å². The molecule has 2 atom stereocenters. The quantitative estimate of drug-likeness (QED) is 0.489. The van der Waals surface area contributed by atoms with Crippen molar-refractivity contribution in [1.29, 1.82) is 0 Å². The van der Waals surface area contributed by atoms with Gasteiger partial charge < -0.3 is 19.1 Å². The van der Waals surface area contributed by atoms with Crippen LogP contribution in [0.25, 0.3) is 0 Å². The summed E-state index contributed by atoms with van der Waals surface area (Å²) in [6.45, 7) is 8.00. The van der Waals surface area contributed by atoms with E-state index >= 15 is 0 Å². The van der Waals surface area contributed by atoms with Gasteiger partial charge in [0, 0.05) is 0 Å². The molecule has 0 aromatic carbocycles. The van der Waals surface area contributed by atoms with E-state index in [9.17, 15) is 9.36 Å². The van der Waals surface area contributed by atoms with E-state index in [1.807, 2.05) is 0 Å². The molecule has 6 nitrogen and oxygen atoms in total. The first-order valence-electron chi connectivity index (χ1n) is 8.33. The summed E-state index contributed by atoms with van der Waals surface area (Å²) in [5, 5.41) is 3.35. The highest BCUT2D eigenvalue weighted by Crippen LogP contribution is 2.55. The average molecular weight is 335 g/mol. The molecule has 0 bridgehead atoms. The number of carbonyl (C=O) groups is 1. The Hall–Kier alpha value is -0.420. The number of hydrogen-bond acceptors (Lipinski definition) is 6. The van der Waals surface area contributed by atoms with E-state index in [1.165, 1.54) is 0 Å². The van der Waals surface area contributed by atoms with Gasteiger partial charge in [-0.25, -0.2) is 0 Å². The number of rotatable bonds is 10. The van der Waals surface area contributed by atoms with Gasteiger partial charge in [-0.15, -0.1) is 0 Å². The minimum Gasteiger partial charge on any atom is -0.465 e. The van der Waals surface area contributed by atoms with Crippen LogP contribution in [0.2, 0.25) is 0 Å². The van der Waals surface area contributed by atoms with Gasteiger partial charge in [0.25, 0.3) is 0 Å². The summed E-state index contributed by atoms with van der Waals surface area (Å²) in [6, 6.07) is 0. The summed E-state index contributed by atoms with van der Waals surface area (Å²) >= 11 is 0. The SMILES string of the molecule is CCOC(=O)C(CCC1CCCNC1)P(=O)(OCC)OCC. The molecule has 1 fully saturated rings. The molecule has 7 heteroatoms. The normalized spacial score (nSPS) is 20.6. The highest BCUT2D eigenvalue weighted by atomic mass is 31.2. The lowest BCUT2D eigenvalue weighted by molar-refractivity contribution is -0.143. The van der Waals surface area contributed by atoms with Gasteiger partial charge in [-0.1, -0.05) is 0 Å². The Morgan fingerprint density at radius 3 is 2.41 bits per heavy atom. The molecule has 1 heterocycles. The average Bonchev–Trinajstić information content (AvgIpc) is 2.49. The van der Waals surface area contributed by atoms with Crippen LogP contribution in [0.4, 0.5) is 0 Å². The first-order valence-corrected chi connectivity index (χ1v) is 9.94. The van der Waals surface area contributed by atoms with E-state index in [-0.39, 0.29) is 19.8 Å². The van der Waals surface area contributed by atoms with Crippen LogP contribution in [-0.4, -0.2) is 44.5 Å². The Labute approximate surface area is 133 Å². The lowest BCUT2D eigenvalue weighted by Crippen LogP contribution is -2.32. The molecule has 1 aliphatic heterocycles. The van der Waals surface area contributed by atoms with Gasteiger partial charge in [-0.3, -0.25) is 9.36 Å². The molecule has 130 valence electrons. The summed E-state index contributed by atoms with van der Waals surface area (Å²) in [5.41, 5.74) is -0.825. The Morgan fingerprint density at radius 1 is 1.23 bits per heavy atom. The lowest BCUT2D eigenvalue weighted by Gasteiger charge is -2.27. The van der Waals surface area contributed by atoms with E-state index < -0.39 is 19.2 Å². The van der Waals surface area contributed by atoms with E-state index in [1.54, 1.807) is 20.8 Å². The van der Waals surface area contributed by atoms with Gasteiger partial charge in [0.15, 0.2) is 5.66 Å². The summed E-state index contributed by atoms with van der Waals surface area (Å²) in [7, 11) is -3.48. The lowest BCUT2D eigenvalue weighted by atomic mass is 9.94. The van der Waals surface area contributed by atoms with Crippen molar-refractivity contribution in [2.24, 2.45) is 5.92 Å². The maximum atomic E-state index is 12.9. The molecule has 0 radical (unpaired) electrons. The van der Waals surface area contributed by atoms with Gasteiger partial charge in [0.05, 0.1) is 19.8 Å². The summed E-state index contributed by atoms with van der Waals surface area (Å²) in [5.74, 6) is 0.0267. The number of carbonyl (C=O) groups excluding carboxylic acids is 1. The molecular weight excluding hydrogens is 305 g/mol. The molecule has 0 aromatic heterocycles. The molecule has 1 saturated heterocycles. The second-order valence-corrected chi connectivity index (χ2v) is 7.65. The first kappa shape index (κ1) is 19.6. The van der Waals surface area contributed by atoms with Crippen LogP contribution in [0, 0.1) is 5.92 Å². The molecule has 1 rings (SSSR count). The zero-order valence-corrected chi connectivity index (χ0v) is 14.9. The van der Waals surface area contributed by atoms with Crippen molar-refractivity contribution in [2.75, 3.05) is 32.9 Å². The zero-order valence-electron chi connectivity index (χ0n) is 14.0. The third-order valence-corrected chi connectivity index (χ3v) is 6.27. The molecule has 0 amide bonds. The van der Waals surface area contributed by atoms with Crippen LogP contribution < -0.4 is 5.32 Å². The summed E-state index contributed by atoms with van der Waals surface area (Å²) in [4.78, 5) is 12.2. The van der Waals surface area contributed by atoms with Gasteiger partial charge in [-0.05, 0) is 65.5 Å². The first-order chi connectivity index (χ1) is 10.6. The molecule has 0 aromatic rings. The molecule has 0 spiro atoms. The largest absolute Gasteiger partial charge is 0.465 e. The van der Waals surface area contributed by atoms with Crippen molar-refractivity contribution >= 4 is 13.6 Å². The van der Waals surface area contributed by atoms with Crippen molar-refractivity contribution in [1.82, 2.24) is 5.32 Å². The van der Waals surface area contributed by atoms with Crippen molar-refractivity contribution in [3.8, 4) is 0 Å². The topological polar surface area (TPSA) is 73.9 Å².